The maximum absolute atomic E-state index is 11.7. The number of aromatic nitrogens is 2. The van der Waals surface area contributed by atoms with E-state index in [0.717, 1.165) is 61.2 Å². The zero-order valence-corrected chi connectivity index (χ0v) is 21.5. The van der Waals surface area contributed by atoms with Gasteiger partial charge >= 0.3 is 5.97 Å². The fraction of sp³-hybridized carbons (Fsp3) is 0.500. The van der Waals surface area contributed by atoms with Gasteiger partial charge in [0, 0.05) is 35.1 Å². The SMILES string of the molecule is COc1ccc2ncc(Cl)c(C(O)CCC3(CC(=O)O)CCN(CCCc4nccs4)CC3)c2c1. The van der Waals surface area contributed by atoms with Crippen LogP contribution in [0.25, 0.3) is 10.9 Å². The number of thiazole rings is 1. The third-order valence-corrected chi connectivity index (χ3v) is 8.28. The summed E-state index contributed by atoms with van der Waals surface area (Å²) in [5.41, 5.74) is 1.03. The Morgan fingerprint density at radius 2 is 2.11 bits per heavy atom. The van der Waals surface area contributed by atoms with Gasteiger partial charge in [-0.05, 0) is 75.4 Å². The standard InChI is InChI=1S/C26H32ClN3O4S/c1-34-18-4-5-21-19(15-18)25(20(27)17-29-21)22(31)6-7-26(16-24(32)33)8-12-30(13-9-26)11-2-3-23-28-10-14-35-23/h4-5,10,14-15,17,22,31H,2-3,6-9,11-13,16H2,1H3,(H,32,33). The van der Waals surface area contributed by atoms with Crippen molar-refractivity contribution in [2.75, 3.05) is 26.7 Å². The molecule has 188 valence electrons. The molecular formula is C26H32ClN3O4S. The molecule has 1 fully saturated rings. The van der Waals surface area contributed by atoms with Crippen LogP contribution in [-0.4, -0.2) is 57.8 Å². The largest absolute Gasteiger partial charge is 0.497 e. The molecule has 2 aromatic heterocycles. The van der Waals surface area contributed by atoms with E-state index in [9.17, 15) is 15.0 Å². The van der Waals surface area contributed by atoms with E-state index in [1.54, 1.807) is 24.6 Å². The predicted octanol–water partition coefficient (Wildman–Crippen LogP) is 5.36. The number of aliphatic carboxylic acids is 1. The summed E-state index contributed by atoms with van der Waals surface area (Å²) in [4.78, 5) is 22.9. The number of hydrogen-bond donors (Lipinski definition) is 2. The summed E-state index contributed by atoms with van der Waals surface area (Å²) in [5, 5.41) is 25.2. The fourth-order valence-electron chi connectivity index (χ4n) is 5.14. The average molecular weight is 518 g/mol. The number of aliphatic hydroxyl groups is 1. The summed E-state index contributed by atoms with van der Waals surface area (Å²) in [6.45, 7) is 2.74. The van der Waals surface area contributed by atoms with Crippen LogP contribution in [0.1, 0.15) is 55.2 Å². The van der Waals surface area contributed by atoms with Crippen molar-refractivity contribution in [3.8, 4) is 5.75 Å². The first-order chi connectivity index (χ1) is 16.9. The Labute approximate surface area is 214 Å². The van der Waals surface area contributed by atoms with Crippen LogP contribution < -0.4 is 4.74 Å². The minimum absolute atomic E-state index is 0.116. The highest BCUT2D eigenvalue weighted by Gasteiger charge is 2.37. The third kappa shape index (κ3) is 6.50. The number of aryl methyl sites for hydroxylation is 1. The van der Waals surface area contributed by atoms with Gasteiger partial charge in [-0.25, -0.2) is 4.98 Å². The lowest BCUT2D eigenvalue weighted by Crippen LogP contribution is -2.41. The number of fused-ring (bicyclic) bond motifs is 1. The molecule has 0 spiro atoms. The molecule has 0 saturated carbocycles. The van der Waals surface area contributed by atoms with Gasteiger partial charge in [-0.1, -0.05) is 11.6 Å². The number of carboxylic acid groups (broad SMARTS) is 1. The zero-order chi connectivity index (χ0) is 24.8. The molecule has 0 radical (unpaired) electrons. The number of aliphatic hydroxyl groups excluding tert-OH is 1. The van der Waals surface area contributed by atoms with Gasteiger partial charge in [-0.3, -0.25) is 9.78 Å². The van der Waals surface area contributed by atoms with Gasteiger partial charge in [0.1, 0.15) is 5.75 Å². The van der Waals surface area contributed by atoms with Gasteiger partial charge in [0.05, 0.1) is 35.2 Å². The van der Waals surface area contributed by atoms with Crippen LogP contribution in [0.3, 0.4) is 0 Å². The van der Waals surface area contributed by atoms with Crippen molar-refractivity contribution in [3.05, 3.63) is 51.6 Å². The van der Waals surface area contributed by atoms with Crippen molar-refractivity contribution in [1.82, 2.24) is 14.9 Å². The van der Waals surface area contributed by atoms with E-state index in [0.29, 0.717) is 29.2 Å². The quantitative estimate of drug-likeness (QED) is 0.353. The second kappa shape index (κ2) is 11.6. The van der Waals surface area contributed by atoms with E-state index in [-0.39, 0.29) is 11.8 Å². The lowest BCUT2D eigenvalue weighted by molar-refractivity contribution is -0.141. The van der Waals surface area contributed by atoms with Crippen molar-refractivity contribution < 1.29 is 19.7 Å². The normalized spacial score (nSPS) is 16.9. The van der Waals surface area contributed by atoms with E-state index in [2.05, 4.69) is 14.9 Å². The Balaban J connectivity index is 1.40. The molecule has 0 amide bonds. The number of methoxy groups -OCH3 is 1. The number of nitrogens with zero attached hydrogens (tertiary/aromatic N) is 3. The van der Waals surface area contributed by atoms with Crippen LogP contribution >= 0.6 is 22.9 Å². The lowest BCUT2D eigenvalue weighted by Gasteiger charge is -2.41. The number of benzene rings is 1. The minimum Gasteiger partial charge on any atom is -0.497 e. The van der Waals surface area contributed by atoms with Crippen LogP contribution in [0.5, 0.6) is 5.75 Å². The zero-order valence-electron chi connectivity index (χ0n) is 20.0. The molecule has 1 aliphatic rings. The summed E-state index contributed by atoms with van der Waals surface area (Å²) >= 11 is 8.16. The molecule has 9 heteroatoms. The van der Waals surface area contributed by atoms with Crippen LogP contribution in [0.15, 0.2) is 36.0 Å². The highest BCUT2D eigenvalue weighted by Crippen LogP contribution is 2.43. The number of carbonyl (C=O) groups is 1. The maximum Gasteiger partial charge on any atom is 0.303 e. The molecule has 0 bridgehead atoms. The molecule has 1 saturated heterocycles. The second-order valence-electron chi connectivity index (χ2n) is 9.40. The number of rotatable bonds is 11. The van der Waals surface area contributed by atoms with E-state index >= 15 is 0 Å². The number of halogens is 1. The van der Waals surface area contributed by atoms with E-state index in [1.807, 2.05) is 29.8 Å². The van der Waals surface area contributed by atoms with Gasteiger partial charge < -0.3 is 19.8 Å². The van der Waals surface area contributed by atoms with E-state index in [4.69, 9.17) is 16.3 Å². The highest BCUT2D eigenvalue weighted by atomic mass is 35.5. The molecule has 3 heterocycles. The minimum atomic E-state index is -0.817. The van der Waals surface area contributed by atoms with Gasteiger partial charge in [-0.15, -0.1) is 11.3 Å². The smallest absolute Gasteiger partial charge is 0.303 e. The first-order valence-corrected chi connectivity index (χ1v) is 13.3. The Hall–Kier alpha value is -2.26. The van der Waals surface area contributed by atoms with E-state index in [1.165, 1.54) is 0 Å². The van der Waals surface area contributed by atoms with Gasteiger partial charge in [0.25, 0.3) is 0 Å². The summed E-state index contributed by atoms with van der Waals surface area (Å²) in [6, 6.07) is 5.51. The van der Waals surface area contributed by atoms with Crippen molar-refractivity contribution in [3.63, 3.8) is 0 Å². The summed E-state index contributed by atoms with van der Waals surface area (Å²) < 4.78 is 5.35. The fourth-order valence-corrected chi connectivity index (χ4v) is 6.08. The summed E-state index contributed by atoms with van der Waals surface area (Å²) in [6.07, 6.45) is 7.41. The lowest BCUT2D eigenvalue weighted by atomic mass is 9.71. The number of hydrogen-bond acceptors (Lipinski definition) is 7. The summed E-state index contributed by atoms with van der Waals surface area (Å²) in [7, 11) is 1.59. The Bertz CT molecular complexity index is 1130. The van der Waals surface area contributed by atoms with E-state index < -0.39 is 12.1 Å². The van der Waals surface area contributed by atoms with Crippen LogP contribution in [-0.2, 0) is 11.2 Å². The van der Waals surface area contributed by atoms with Crippen molar-refractivity contribution >= 4 is 39.8 Å². The predicted molar refractivity (Wildman–Crippen MR) is 138 cm³/mol. The maximum atomic E-state index is 11.7. The van der Waals surface area contributed by atoms with Crippen LogP contribution in [0.4, 0.5) is 0 Å². The third-order valence-electron chi connectivity index (χ3n) is 7.14. The molecule has 35 heavy (non-hydrogen) atoms. The van der Waals surface area contributed by atoms with Crippen LogP contribution in [0, 0.1) is 5.41 Å². The van der Waals surface area contributed by atoms with Crippen LogP contribution in [0.2, 0.25) is 5.02 Å². The first-order valence-electron chi connectivity index (χ1n) is 12.0. The first kappa shape index (κ1) is 25.8. The highest BCUT2D eigenvalue weighted by molar-refractivity contribution is 7.09. The van der Waals surface area contributed by atoms with Gasteiger partial charge in [-0.2, -0.15) is 0 Å². The van der Waals surface area contributed by atoms with Crippen molar-refractivity contribution in [2.45, 2.75) is 51.0 Å². The Kier molecular flexibility index (Phi) is 8.59. The molecule has 0 aliphatic carbocycles. The molecule has 4 rings (SSSR count). The Morgan fingerprint density at radius 1 is 1.31 bits per heavy atom. The second-order valence-corrected chi connectivity index (χ2v) is 10.8. The van der Waals surface area contributed by atoms with Gasteiger partial charge in [0.15, 0.2) is 0 Å². The van der Waals surface area contributed by atoms with Gasteiger partial charge in [0.2, 0.25) is 0 Å². The number of ether oxygens (including phenoxy) is 1. The molecule has 2 N–H and O–H groups in total. The van der Waals surface area contributed by atoms with Crippen molar-refractivity contribution in [2.24, 2.45) is 5.41 Å². The number of carboxylic acids is 1. The monoisotopic (exact) mass is 517 g/mol. The topological polar surface area (TPSA) is 95.8 Å². The Morgan fingerprint density at radius 3 is 2.80 bits per heavy atom. The molecule has 1 atom stereocenters. The summed E-state index contributed by atoms with van der Waals surface area (Å²) in [5.74, 6) is -0.117. The number of likely N-dealkylation sites (tertiary alicyclic amines) is 1. The van der Waals surface area contributed by atoms with Crippen molar-refractivity contribution in [1.29, 1.82) is 0 Å². The average Bonchev–Trinajstić information content (AvgIpc) is 3.36. The number of pyridine rings is 1. The molecule has 1 aliphatic heterocycles. The molecule has 1 unspecified atom stereocenters. The molecule has 1 aromatic carbocycles. The molecule has 3 aromatic rings. The molecular weight excluding hydrogens is 486 g/mol. The number of piperidine rings is 1. The molecule has 7 nitrogen and oxygen atoms in total.